The SMILES string of the molecule is NC(=O)c1cccc(C(=O)Nc2ccccc2-n2cncn2)c1. The van der Waals surface area contributed by atoms with Crippen molar-refractivity contribution in [1.82, 2.24) is 14.8 Å². The fourth-order valence-corrected chi connectivity index (χ4v) is 2.12. The fraction of sp³-hybridized carbons (Fsp3) is 0. The molecular weight excluding hydrogens is 294 g/mol. The number of primary amides is 1. The topological polar surface area (TPSA) is 103 Å². The average molecular weight is 307 g/mol. The van der Waals surface area contributed by atoms with E-state index >= 15 is 0 Å². The molecule has 1 heterocycles. The third kappa shape index (κ3) is 3.08. The number of rotatable bonds is 4. The molecule has 0 spiro atoms. The first-order chi connectivity index (χ1) is 11.1. The van der Waals surface area contributed by atoms with Gasteiger partial charge in [-0.15, -0.1) is 0 Å². The first-order valence-corrected chi connectivity index (χ1v) is 6.80. The molecule has 114 valence electrons. The van der Waals surface area contributed by atoms with E-state index < -0.39 is 5.91 Å². The molecule has 0 aliphatic heterocycles. The molecule has 0 saturated heterocycles. The van der Waals surface area contributed by atoms with Crippen LogP contribution in [0.25, 0.3) is 5.69 Å². The van der Waals surface area contributed by atoms with Crippen molar-refractivity contribution in [2.75, 3.05) is 5.32 Å². The van der Waals surface area contributed by atoms with Crippen LogP contribution in [0, 0.1) is 0 Å². The maximum atomic E-state index is 12.4. The second-order valence-electron chi connectivity index (χ2n) is 4.76. The Morgan fingerprint density at radius 3 is 2.57 bits per heavy atom. The molecule has 3 N–H and O–H groups in total. The summed E-state index contributed by atoms with van der Waals surface area (Å²) >= 11 is 0. The molecular formula is C16H13N5O2. The zero-order valence-corrected chi connectivity index (χ0v) is 12.0. The summed E-state index contributed by atoms with van der Waals surface area (Å²) in [6.07, 6.45) is 2.95. The lowest BCUT2D eigenvalue weighted by atomic mass is 10.1. The quantitative estimate of drug-likeness (QED) is 0.764. The minimum atomic E-state index is -0.581. The number of benzene rings is 2. The van der Waals surface area contributed by atoms with Gasteiger partial charge in [-0.2, -0.15) is 5.10 Å². The molecule has 23 heavy (non-hydrogen) atoms. The van der Waals surface area contributed by atoms with Crippen LogP contribution >= 0.6 is 0 Å². The van der Waals surface area contributed by atoms with Crippen LogP contribution in [-0.4, -0.2) is 26.6 Å². The summed E-state index contributed by atoms with van der Waals surface area (Å²) in [4.78, 5) is 27.5. The van der Waals surface area contributed by atoms with Crippen molar-refractivity contribution in [2.45, 2.75) is 0 Å². The molecule has 3 rings (SSSR count). The zero-order valence-electron chi connectivity index (χ0n) is 12.0. The van der Waals surface area contributed by atoms with E-state index in [1.54, 1.807) is 41.3 Å². The van der Waals surface area contributed by atoms with Crippen LogP contribution in [0.3, 0.4) is 0 Å². The van der Waals surface area contributed by atoms with Crippen molar-refractivity contribution >= 4 is 17.5 Å². The maximum absolute atomic E-state index is 12.4. The van der Waals surface area contributed by atoms with Crippen LogP contribution in [0.4, 0.5) is 5.69 Å². The summed E-state index contributed by atoms with van der Waals surface area (Å²) in [5.74, 6) is -0.927. The van der Waals surface area contributed by atoms with Crippen molar-refractivity contribution in [3.05, 3.63) is 72.3 Å². The molecule has 0 fully saturated rings. The third-order valence-corrected chi connectivity index (χ3v) is 3.23. The first-order valence-electron chi connectivity index (χ1n) is 6.80. The minimum Gasteiger partial charge on any atom is -0.366 e. The van der Waals surface area contributed by atoms with Gasteiger partial charge >= 0.3 is 0 Å². The van der Waals surface area contributed by atoms with Gasteiger partial charge in [0.1, 0.15) is 12.7 Å². The van der Waals surface area contributed by atoms with E-state index in [1.165, 1.54) is 12.4 Å². The van der Waals surface area contributed by atoms with Crippen molar-refractivity contribution in [1.29, 1.82) is 0 Å². The number of aromatic nitrogens is 3. The highest BCUT2D eigenvalue weighted by atomic mass is 16.2. The van der Waals surface area contributed by atoms with Crippen molar-refractivity contribution in [2.24, 2.45) is 5.73 Å². The number of nitrogens with one attached hydrogen (secondary N) is 1. The Morgan fingerprint density at radius 1 is 1.04 bits per heavy atom. The molecule has 7 nitrogen and oxygen atoms in total. The predicted octanol–water partition coefficient (Wildman–Crippen LogP) is 1.62. The van der Waals surface area contributed by atoms with Crippen LogP contribution in [0.2, 0.25) is 0 Å². The second-order valence-corrected chi connectivity index (χ2v) is 4.76. The number of hydrogen-bond acceptors (Lipinski definition) is 4. The number of para-hydroxylation sites is 2. The third-order valence-electron chi connectivity index (χ3n) is 3.23. The van der Waals surface area contributed by atoms with E-state index in [-0.39, 0.29) is 11.5 Å². The molecule has 3 aromatic rings. The van der Waals surface area contributed by atoms with E-state index in [2.05, 4.69) is 15.4 Å². The number of anilines is 1. The summed E-state index contributed by atoms with van der Waals surface area (Å²) in [6, 6.07) is 13.4. The van der Waals surface area contributed by atoms with Gasteiger partial charge in [-0.05, 0) is 30.3 Å². The lowest BCUT2D eigenvalue weighted by Gasteiger charge is -2.11. The Kier molecular flexibility index (Phi) is 3.84. The minimum absolute atomic E-state index is 0.280. The van der Waals surface area contributed by atoms with Crippen LogP contribution in [-0.2, 0) is 0 Å². The predicted molar refractivity (Wildman–Crippen MR) is 84.3 cm³/mol. The van der Waals surface area contributed by atoms with Gasteiger partial charge in [0, 0.05) is 11.1 Å². The number of carbonyl (C=O) groups excluding carboxylic acids is 2. The van der Waals surface area contributed by atoms with Crippen molar-refractivity contribution in [3.63, 3.8) is 0 Å². The zero-order chi connectivity index (χ0) is 16.2. The molecule has 2 aromatic carbocycles. The molecule has 1 aromatic heterocycles. The maximum Gasteiger partial charge on any atom is 0.255 e. The molecule has 0 radical (unpaired) electrons. The molecule has 0 atom stereocenters. The van der Waals surface area contributed by atoms with Gasteiger partial charge in [0.25, 0.3) is 5.91 Å². The molecule has 0 aliphatic rings. The standard InChI is InChI=1S/C16H13N5O2/c17-15(22)11-4-3-5-12(8-11)16(23)20-13-6-1-2-7-14(13)21-10-18-9-19-21/h1-10H,(H2,17,22)(H,20,23). The first kappa shape index (κ1) is 14.5. The smallest absolute Gasteiger partial charge is 0.255 e. The lowest BCUT2D eigenvalue weighted by molar-refractivity contribution is 0.1000. The van der Waals surface area contributed by atoms with E-state index in [0.717, 1.165) is 0 Å². The second kappa shape index (κ2) is 6.10. The highest BCUT2D eigenvalue weighted by Gasteiger charge is 2.12. The van der Waals surface area contributed by atoms with Crippen LogP contribution in [0.15, 0.2) is 61.2 Å². The number of nitrogens with two attached hydrogens (primary N) is 1. The summed E-state index contributed by atoms with van der Waals surface area (Å²) in [5, 5.41) is 6.86. The number of hydrogen-bond donors (Lipinski definition) is 2. The van der Waals surface area contributed by atoms with E-state index in [9.17, 15) is 9.59 Å². The Labute approximate surface area is 131 Å². The van der Waals surface area contributed by atoms with Crippen LogP contribution in [0.1, 0.15) is 20.7 Å². The Hall–Kier alpha value is -3.48. The molecule has 0 saturated carbocycles. The number of nitrogens with zero attached hydrogens (tertiary/aromatic N) is 3. The van der Waals surface area contributed by atoms with Crippen LogP contribution in [0.5, 0.6) is 0 Å². The Morgan fingerprint density at radius 2 is 1.83 bits per heavy atom. The van der Waals surface area contributed by atoms with Gasteiger partial charge in [-0.1, -0.05) is 18.2 Å². The molecule has 0 bridgehead atoms. The van der Waals surface area contributed by atoms with E-state index in [0.29, 0.717) is 16.9 Å². The van der Waals surface area contributed by atoms with Crippen molar-refractivity contribution in [3.8, 4) is 5.69 Å². The Balaban J connectivity index is 1.89. The molecule has 0 aliphatic carbocycles. The number of amides is 2. The van der Waals surface area contributed by atoms with E-state index in [1.807, 2.05) is 12.1 Å². The van der Waals surface area contributed by atoms with Gasteiger partial charge < -0.3 is 11.1 Å². The van der Waals surface area contributed by atoms with E-state index in [4.69, 9.17) is 5.73 Å². The monoisotopic (exact) mass is 307 g/mol. The van der Waals surface area contributed by atoms with Gasteiger partial charge in [0.05, 0.1) is 11.4 Å². The highest BCUT2D eigenvalue weighted by Crippen LogP contribution is 2.19. The van der Waals surface area contributed by atoms with Gasteiger partial charge in [-0.3, -0.25) is 9.59 Å². The largest absolute Gasteiger partial charge is 0.366 e. The Bertz CT molecular complexity index is 858. The summed E-state index contributed by atoms with van der Waals surface area (Å²) in [7, 11) is 0. The lowest BCUT2D eigenvalue weighted by Crippen LogP contribution is -2.16. The van der Waals surface area contributed by atoms with Gasteiger partial charge in [0.15, 0.2) is 0 Å². The number of carbonyl (C=O) groups is 2. The van der Waals surface area contributed by atoms with Gasteiger partial charge in [0.2, 0.25) is 5.91 Å². The summed E-state index contributed by atoms with van der Waals surface area (Å²) in [6.45, 7) is 0. The molecule has 0 unspecified atom stereocenters. The molecule has 7 heteroatoms. The van der Waals surface area contributed by atoms with Crippen molar-refractivity contribution < 1.29 is 9.59 Å². The molecule has 2 amide bonds. The van der Waals surface area contributed by atoms with Crippen LogP contribution < -0.4 is 11.1 Å². The summed E-state index contributed by atoms with van der Waals surface area (Å²) < 4.78 is 1.55. The summed E-state index contributed by atoms with van der Waals surface area (Å²) in [5.41, 5.74) is 7.12. The fourth-order valence-electron chi connectivity index (χ4n) is 2.12. The average Bonchev–Trinajstić information content (AvgIpc) is 3.09. The normalized spacial score (nSPS) is 10.3. The highest BCUT2D eigenvalue weighted by molar-refractivity contribution is 6.06. The van der Waals surface area contributed by atoms with Gasteiger partial charge in [-0.25, -0.2) is 9.67 Å².